The zero-order chi connectivity index (χ0) is 17.1. The van der Waals surface area contributed by atoms with E-state index in [0.717, 1.165) is 12.1 Å². The summed E-state index contributed by atoms with van der Waals surface area (Å²) in [6, 6.07) is 8.25. The van der Waals surface area contributed by atoms with Crippen molar-refractivity contribution in [3.05, 3.63) is 35.4 Å². The Morgan fingerprint density at radius 1 is 1.21 bits per heavy atom. The zero-order valence-electron chi connectivity index (χ0n) is 14.8. The van der Waals surface area contributed by atoms with Crippen LogP contribution in [0.1, 0.15) is 43.2 Å². The molecule has 4 nitrogen and oxygen atoms in total. The van der Waals surface area contributed by atoms with Crippen LogP contribution in [0, 0.1) is 18.8 Å². The molecule has 1 aromatic rings. The Balaban J connectivity index is 1.55. The highest BCUT2D eigenvalue weighted by molar-refractivity contribution is 5.89. The van der Waals surface area contributed by atoms with Crippen LogP contribution in [0.2, 0.25) is 0 Å². The number of hydrogen-bond donors (Lipinski definition) is 0. The normalized spacial score (nSPS) is 21.5. The van der Waals surface area contributed by atoms with Gasteiger partial charge in [-0.1, -0.05) is 42.7 Å². The molecule has 1 heterocycles. The third kappa shape index (κ3) is 3.97. The average Bonchev–Trinajstić information content (AvgIpc) is 3.19. The molecule has 2 fully saturated rings. The zero-order valence-corrected chi connectivity index (χ0v) is 14.8. The molecule has 3 rings (SSSR count). The van der Waals surface area contributed by atoms with Gasteiger partial charge in [-0.05, 0) is 31.2 Å². The van der Waals surface area contributed by atoms with Crippen molar-refractivity contribution in [3.8, 4) is 0 Å². The Labute approximate surface area is 144 Å². The molecule has 1 atom stereocenters. The minimum absolute atomic E-state index is 0.100. The molecule has 0 bridgehead atoms. The molecule has 4 heteroatoms. The van der Waals surface area contributed by atoms with Gasteiger partial charge in [0.05, 0.1) is 5.92 Å². The summed E-state index contributed by atoms with van der Waals surface area (Å²) in [6.07, 6.45) is 5.42. The highest BCUT2D eigenvalue weighted by Crippen LogP contribution is 2.27. The van der Waals surface area contributed by atoms with E-state index in [1.54, 1.807) is 0 Å². The monoisotopic (exact) mass is 328 g/mol. The first kappa shape index (κ1) is 17.0. The van der Waals surface area contributed by atoms with Crippen molar-refractivity contribution in [1.29, 1.82) is 0 Å². The second kappa shape index (κ2) is 7.37. The molecule has 1 unspecified atom stereocenters. The van der Waals surface area contributed by atoms with Crippen molar-refractivity contribution in [3.63, 3.8) is 0 Å². The molecule has 1 saturated carbocycles. The van der Waals surface area contributed by atoms with E-state index in [1.165, 1.54) is 31.2 Å². The molecule has 24 heavy (non-hydrogen) atoms. The first-order chi connectivity index (χ1) is 11.5. The average molecular weight is 328 g/mol. The maximum absolute atomic E-state index is 12.7. The Hall–Kier alpha value is -1.84. The third-order valence-corrected chi connectivity index (χ3v) is 5.44. The maximum Gasteiger partial charge on any atom is 0.227 e. The SMILES string of the molecule is Cc1ccc(CN2CC(C(=O)N(C)CC3CCCC3)CC2=O)cc1. The number of carbonyl (C=O) groups is 2. The summed E-state index contributed by atoms with van der Waals surface area (Å²) in [7, 11) is 1.90. The molecule has 2 amide bonds. The molecule has 0 N–H and O–H groups in total. The fourth-order valence-electron chi connectivity index (χ4n) is 3.99. The second-order valence-corrected chi connectivity index (χ2v) is 7.53. The molecular weight excluding hydrogens is 300 g/mol. The van der Waals surface area contributed by atoms with E-state index in [4.69, 9.17) is 0 Å². The van der Waals surface area contributed by atoms with Crippen molar-refractivity contribution < 1.29 is 9.59 Å². The molecular formula is C20H28N2O2. The predicted octanol–water partition coefficient (Wildman–Crippen LogP) is 2.99. The molecule has 1 saturated heterocycles. The van der Waals surface area contributed by atoms with Crippen molar-refractivity contribution in [1.82, 2.24) is 9.80 Å². The van der Waals surface area contributed by atoms with E-state index in [2.05, 4.69) is 31.2 Å². The first-order valence-corrected chi connectivity index (χ1v) is 9.11. The number of hydrogen-bond acceptors (Lipinski definition) is 2. The van der Waals surface area contributed by atoms with Crippen molar-refractivity contribution >= 4 is 11.8 Å². The van der Waals surface area contributed by atoms with E-state index < -0.39 is 0 Å². The summed E-state index contributed by atoms with van der Waals surface area (Å²) < 4.78 is 0. The van der Waals surface area contributed by atoms with E-state index >= 15 is 0 Å². The quantitative estimate of drug-likeness (QED) is 0.834. The van der Waals surface area contributed by atoms with Gasteiger partial charge in [-0.2, -0.15) is 0 Å². The number of likely N-dealkylation sites (tertiary alicyclic amines) is 1. The smallest absolute Gasteiger partial charge is 0.227 e. The summed E-state index contributed by atoms with van der Waals surface area (Å²) in [5.74, 6) is 0.721. The Bertz CT molecular complexity index is 590. The van der Waals surface area contributed by atoms with Gasteiger partial charge in [0.1, 0.15) is 0 Å². The van der Waals surface area contributed by atoms with Crippen LogP contribution >= 0.6 is 0 Å². The highest BCUT2D eigenvalue weighted by atomic mass is 16.2. The number of rotatable bonds is 5. The standard InChI is InChI=1S/C20H28N2O2/c1-15-7-9-17(10-8-15)13-22-14-18(11-19(22)23)20(24)21(2)12-16-5-3-4-6-16/h7-10,16,18H,3-6,11-14H2,1-2H3. The Morgan fingerprint density at radius 3 is 2.54 bits per heavy atom. The van der Waals surface area contributed by atoms with Gasteiger partial charge in [0.15, 0.2) is 0 Å². The van der Waals surface area contributed by atoms with Gasteiger partial charge >= 0.3 is 0 Å². The fraction of sp³-hybridized carbons (Fsp3) is 0.600. The summed E-state index contributed by atoms with van der Waals surface area (Å²) in [5.41, 5.74) is 2.34. The van der Waals surface area contributed by atoms with Crippen LogP contribution in [0.25, 0.3) is 0 Å². The molecule has 0 aromatic heterocycles. The highest BCUT2D eigenvalue weighted by Gasteiger charge is 2.36. The molecule has 1 aliphatic carbocycles. The van der Waals surface area contributed by atoms with Gasteiger partial charge < -0.3 is 9.80 Å². The van der Waals surface area contributed by atoms with Gasteiger partial charge in [0.25, 0.3) is 0 Å². The molecule has 2 aliphatic rings. The summed E-state index contributed by atoms with van der Waals surface area (Å²) in [6.45, 7) is 4.07. The lowest BCUT2D eigenvalue weighted by Gasteiger charge is -2.24. The van der Waals surface area contributed by atoms with Crippen molar-refractivity contribution in [2.24, 2.45) is 11.8 Å². The summed E-state index contributed by atoms with van der Waals surface area (Å²) in [5, 5.41) is 0. The molecule has 130 valence electrons. The summed E-state index contributed by atoms with van der Waals surface area (Å²) >= 11 is 0. The minimum atomic E-state index is -0.172. The van der Waals surface area contributed by atoms with Crippen LogP contribution in [0.15, 0.2) is 24.3 Å². The van der Waals surface area contributed by atoms with E-state index in [1.807, 2.05) is 16.8 Å². The predicted molar refractivity (Wildman–Crippen MR) is 94.3 cm³/mol. The van der Waals surface area contributed by atoms with Crippen LogP contribution < -0.4 is 0 Å². The number of carbonyl (C=O) groups excluding carboxylic acids is 2. The number of aryl methyl sites for hydroxylation is 1. The van der Waals surface area contributed by atoms with Crippen LogP contribution in [0.4, 0.5) is 0 Å². The van der Waals surface area contributed by atoms with Crippen molar-refractivity contribution in [2.45, 2.75) is 45.6 Å². The minimum Gasteiger partial charge on any atom is -0.345 e. The molecule has 1 aromatic carbocycles. The van der Waals surface area contributed by atoms with Crippen molar-refractivity contribution in [2.75, 3.05) is 20.1 Å². The molecule has 0 radical (unpaired) electrons. The molecule has 0 spiro atoms. The maximum atomic E-state index is 12.7. The van der Waals surface area contributed by atoms with Gasteiger partial charge in [-0.25, -0.2) is 0 Å². The van der Waals surface area contributed by atoms with Gasteiger partial charge in [-0.15, -0.1) is 0 Å². The first-order valence-electron chi connectivity index (χ1n) is 9.11. The van der Waals surface area contributed by atoms with Crippen LogP contribution in [-0.2, 0) is 16.1 Å². The lowest BCUT2D eigenvalue weighted by atomic mass is 10.0. The van der Waals surface area contributed by atoms with E-state index in [0.29, 0.717) is 25.4 Å². The van der Waals surface area contributed by atoms with Crippen LogP contribution in [0.3, 0.4) is 0 Å². The Kier molecular flexibility index (Phi) is 5.22. The third-order valence-electron chi connectivity index (χ3n) is 5.44. The fourth-order valence-corrected chi connectivity index (χ4v) is 3.99. The lowest BCUT2D eigenvalue weighted by molar-refractivity contribution is -0.135. The largest absolute Gasteiger partial charge is 0.345 e. The van der Waals surface area contributed by atoms with Gasteiger partial charge in [0.2, 0.25) is 11.8 Å². The van der Waals surface area contributed by atoms with Gasteiger partial charge in [-0.3, -0.25) is 9.59 Å². The van der Waals surface area contributed by atoms with Gasteiger partial charge in [0, 0.05) is 33.1 Å². The number of benzene rings is 1. The van der Waals surface area contributed by atoms with E-state index in [9.17, 15) is 9.59 Å². The number of amides is 2. The topological polar surface area (TPSA) is 40.6 Å². The van der Waals surface area contributed by atoms with Crippen LogP contribution in [-0.4, -0.2) is 41.8 Å². The molecule has 1 aliphatic heterocycles. The Morgan fingerprint density at radius 2 is 1.88 bits per heavy atom. The second-order valence-electron chi connectivity index (χ2n) is 7.53. The lowest BCUT2D eigenvalue weighted by Crippen LogP contribution is -2.37. The van der Waals surface area contributed by atoms with Crippen LogP contribution in [0.5, 0.6) is 0 Å². The summed E-state index contributed by atoms with van der Waals surface area (Å²) in [4.78, 5) is 28.6. The number of nitrogens with zero attached hydrogens (tertiary/aromatic N) is 2. The van der Waals surface area contributed by atoms with E-state index in [-0.39, 0.29) is 17.7 Å².